The maximum atomic E-state index is 12.1. The highest BCUT2D eigenvalue weighted by Crippen LogP contribution is 2.41. The van der Waals surface area contributed by atoms with Crippen LogP contribution in [0.5, 0.6) is 0 Å². The topological polar surface area (TPSA) is 85.6 Å². The third-order valence-corrected chi connectivity index (χ3v) is 4.93. The lowest BCUT2D eigenvalue weighted by Gasteiger charge is -2.05. The summed E-state index contributed by atoms with van der Waals surface area (Å²) < 4.78 is 1.57. The number of nitrogens with zero attached hydrogens (tertiary/aromatic N) is 5. The minimum Gasteiger partial charge on any atom is -0.350 e. The van der Waals surface area contributed by atoms with Gasteiger partial charge in [-0.1, -0.05) is 12.1 Å². The van der Waals surface area contributed by atoms with Gasteiger partial charge in [0.2, 0.25) is 5.91 Å². The Balaban J connectivity index is 1.30. The number of hydrogen-bond acceptors (Lipinski definition) is 6. The van der Waals surface area contributed by atoms with E-state index in [2.05, 4.69) is 25.8 Å². The first-order valence-electron chi connectivity index (χ1n) is 7.81. The lowest BCUT2D eigenvalue weighted by molar-refractivity contribution is -0.120. The normalized spacial score (nSPS) is 13.8. The van der Waals surface area contributed by atoms with Crippen molar-refractivity contribution in [1.29, 1.82) is 0 Å². The van der Waals surface area contributed by atoms with Crippen LogP contribution >= 0.6 is 11.3 Å². The molecule has 7 nitrogen and oxygen atoms in total. The highest BCUT2D eigenvalue weighted by molar-refractivity contribution is 7.09. The summed E-state index contributed by atoms with van der Waals surface area (Å²) in [7, 11) is 0. The molecule has 0 aliphatic heterocycles. The summed E-state index contributed by atoms with van der Waals surface area (Å²) >= 11 is 1.70. The molecule has 4 rings (SSSR count). The fourth-order valence-corrected chi connectivity index (χ4v) is 3.40. The summed E-state index contributed by atoms with van der Waals surface area (Å²) in [5.41, 5.74) is 2.75. The van der Waals surface area contributed by atoms with Crippen molar-refractivity contribution in [1.82, 2.24) is 30.5 Å². The van der Waals surface area contributed by atoms with Gasteiger partial charge < -0.3 is 5.32 Å². The van der Waals surface area contributed by atoms with Crippen molar-refractivity contribution in [2.24, 2.45) is 0 Å². The average Bonchev–Trinajstić information content (AvgIpc) is 3.12. The van der Waals surface area contributed by atoms with Gasteiger partial charge in [0.25, 0.3) is 0 Å². The molecule has 3 aromatic rings. The molecule has 1 aromatic carbocycles. The standard InChI is InChI=1S/C16H16N6OS/c23-15(17-8-13-9-24-16(19-13)12-3-4-12)7-11-1-5-14(6-2-11)22-10-18-20-21-22/h1-2,5-6,9-10,12H,3-4,7-8H2,(H,17,23). The van der Waals surface area contributed by atoms with Crippen LogP contribution in [0.2, 0.25) is 0 Å². The van der Waals surface area contributed by atoms with Gasteiger partial charge in [-0.05, 0) is 41.0 Å². The molecule has 8 heteroatoms. The van der Waals surface area contributed by atoms with Crippen molar-refractivity contribution in [3.8, 4) is 5.69 Å². The van der Waals surface area contributed by atoms with Gasteiger partial charge in [0.05, 0.1) is 29.4 Å². The van der Waals surface area contributed by atoms with Crippen LogP contribution in [0.3, 0.4) is 0 Å². The molecule has 0 bridgehead atoms. The molecule has 1 aliphatic rings. The Morgan fingerprint density at radius 3 is 2.83 bits per heavy atom. The number of carbonyl (C=O) groups excluding carboxylic acids is 1. The Labute approximate surface area is 142 Å². The molecular weight excluding hydrogens is 324 g/mol. The molecule has 0 spiro atoms. The highest BCUT2D eigenvalue weighted by Gasteiger charge is 2.26. The van der Waals surface area contributed by atoms with E-state index in [-0.39, 0.29) is 5.91 Å². The smallest absolute Gasteiger partial charge is 0.224 e. The van der Waals surface area contributed by atoms with Crippen molar-refractivity contribution in [3.05, 3.63) is 52.2 Å². The van der Waals surface area contributed by atoms with Gasteiger partial charge in [0.15, 0.2) is 0 Å². The molecule has 0 atom stereocenters. The minimum absolute atomic E-state index is 0.00820. The summed E-state index contributed by atoms with van der Waals surface area (Å²) in [6, 6.07) is 7.60. The first kappa shape index (κ1) is 14.9. The zero-order valence-corrected chi connectivity index (χ0v) is 13.7. The van der Waals surface area contributed by atoms with Crippen LogP contribution in [0.4, 0.5) is 0 Å². The fourth-order valence-electron chi connectivity index (χ4n) is 2.40. The zero-order chi connectivity index (χ0) is 16.4. The van der Waals surface area contributed by atoms with Gasteiger partial charge in [-0.3, -0.25) is 4.79 Å². The van der Waals surface area contributed by atoms with Crippen LogP contribution in [-0.4, -0.2) is 31.1 Å². The summed E-state index contributed by atoms with van der Waals surface area (Å²) in [6.07, 6.45) is 4.38. The monoisotopic (exact) mass is 340 g/mol. The molecule has 0 radical (unpaired) electrons. The summed E-state index contributed by atoms with van der Waals surface area (Å²) in [4.78, 5) is 16.7. The Morgan fingerprint density at radius 2 is 2.12 bits per heavy atom. The van der Waals surface area contributed by atoms with E-state index in [9.17, 15) is 4.79 Å². The lowest BCUT2D eigenvalue weighted by Crippen LogP contribution is -2.24. The van der Waals surface area contributed by atoms with Gasteiger partial charge in [0, 0.05) is 11.3 Å². The van der Waals surface area contributed by atoms with E-state index in [4.69, 9.17) is 0 Å². The van der Waals surface area contributed by atoms with Gasteiger partial charge >= 0.3 is 0 Å². The molecule has 2 heterocycles. The van der Waals surface area contributed by atoms with Crippen LogP contribution in [-0.2, 0) is 17.8 Å². The van der Waals surface area contributed by atoms with Crippen molar-refractivity contribution < 1.29 is 4.79 Å². The number of thiazole rings is 1. The molecule has 0 saturated heterocycles. The first-order chi connectivity index (χ1) is 11.8. The van der Waals surface area contributed by atoms with E-state index in [0.717, 1.165) is 16.9 Å². The number of tetrazole rings is 1. The quantitative estimate of drug-likeness (QED) is 0.740. The van der Waals surface area contributed by atoms with Crippen molar-refractivity contribution >= 4 is 17.2 Å². The first-order valence-corrected chi connectivity index (χ1v) is 8.69. The molecule has 122 valence electrons. The molecule has 1 fully saturated rings. The molecule has 1 amide bonds. The highest BCUT2D eigenvalue weighted by atomic mass is 32.1. The van der Waals surface area contributed by atoms with Crippen LogP contribution < -0.4 is 5.32 Å². The van der Waals surface area contributed by atoms with Gasteiger partial charge in [0.1, 0.15) is 6.33 Å². The van der Waals surface area contributed by atoms with Crippen molar-refractivity contribution in [2.45, 2.75) is 31.7 Å². The van der Waals surface area contributed by atoms with Crippen LogP contribution in [0.25, 0.3) is 5.69 Å². The van der Waals surface area contributed by atoms with E-state index in [0.29, 0.717) is 18.9 Å². The van der Waals surface area contributed by atoms with E-state index >= 15 is 0 Å². The van der Waals surface area contributed by atoms with E-state index < -0.39 is 0 Å². The Bertz CT molecular complexity index is 823. The second-order valence-corrected chi connectivity index (χ2v) is 6.72. The van der Waals surface area contributed by atoms with Crippen molar-refractivity contribution in [3.63, 3.8) is 0 Å². The minimum atomic E-state index is -0.00820. The molecular formula is C16H16N6OS. The van der Waals surface area contributed by atoms with E-state index in [1.165, 1.54) is 24.2 Å². The number of benzene rings is 1. The van der Waals surface area contributed by atoms with Gasteiger partial charge in [-0.25, -0.2) is 9.67 Å². The number of hydrogen-bond donors (Lipinski definition) is 1. The SMILES string of the molecule is O=C(Cc1ccc(-n2cnnn2)cc1)NCc1csc(C2CC2)n1. The largest absolute Gasteiger partial charge is 0.350 e. The Morgan fingerprint density at radius 1 is 1.29 bits per heavy atom. The Kier molecular flexibility index (Phi) is 4.04. The van der Waals surface area contributed by atoms with E-state index in [1.54, 1.807) is 16.0 Å². The fraction of sp³-hybridized carbons (Fsp3) is 0.312. The summed E-state index contributed by atoms with van der Waals surface area (Å²) in [5, 5.41) is 17.2. The predicted octanol–water partition coefficient (Wildman–Crippen LogP) is 1.86. The second-order valence-electron chi connectivity index (χ2n) is 5.83. The molecule has 1 saturated carbocycles. The number of aromatic nitrogens is 5. The Hall–Kier alpha value is -2.61. The molecule has 2 aromatic heterocycles. The second kappa shape index (κ2) is 6.48. The number of carbonyl (C=O) groups is 1. The third-order valence-electron chi connectivity index (χ3n) is 3.88. The van der Waals surface area contributed by atoms with Gasteiger partial charge in [-0.15, -0.1) is 16.4 Å². The average molecular weight is 340 g/mol. The number of rotatable bonds is 6. The third kappa shape index (κ3) is 3.48. The van der Waals surface area contributed by atoms with Crippen LogP contribution in [0, 0.1) is 0 Å². The predicted molar refractivity (Wildman–Crippen MR) is 88.8 cm³/mol. The zero-order valence-electron chi connectivity index (χ0n) is 12.9. The summed E-state index contributed by atoms with van der Waals surface area (Å²) in [6.45, 7) is 0.491. The molecule has 24 heavy (non-hydrogen) atoms. The van der Waals surface area contributed by atoms with E-state index in [1.807, 2.05) is 29.6 Å². The molecule has 1 N–H and O–H groups in total. The number of amides is 1. The lowest BCUT2D eigenvalue weighted by atomic mass is 10.1. The van der Waals surface area contributed by atoms with Crippen molar-refractivity contribution in [2.75, 3.05) is 0 Å². The van der Waals surface area contributed by atoms with Crippen LogP contribution in [0.1, 0.15) is 35.0 Å². The number of nitrogens with one attached hydrogen (secondary N) is 1. The van der Waals surface area contributed by atoms with Crippen LogP contribution in [0.15, 0.2) is 36.0 Å². The summed E-state index contributed by atoms with van der Waals surface area (Å²) in [5.74, 6) is 0.657. The maximum Gasteiger partial charge on any atom is 0.224 e. The molecule has 1 aliphatic carbocycles. The van der Waals surface area contributed by atoms with Gasteiger partial charge in [-0.2, -0.15) is 0 Å². The maximum absolute atomic E-state index is 12.1. The molecule has 0 unspecified atom stereocenters.